The number of fused-ring (bicyclic) bond motifs is 1. The molecule has 8 heteroatoms. The number of benzene rings is 2. The van der Waals surface area contributed by atoms with Crippen molar-refractivity contribution in [3.05, 3.63) is 70.5 Å². The average molecular weight is 428 g/mol. The van der Waals surface area contributed by atoms with Gasteiger partial charge < -0.3 is 10.3 Å². The minimum absolute atomic E-state index is 0.0270. The van der Waals surface area contributed by atoms with Gasteiger partial charge in [-0.3, -0.25) is 9.59 Å². The number of H-pyrrole nitrogens is 1. The maximum atomic E-state index is 13.0. The Morgan fingerprint density at radius 1 is 1.07 bits per heavy atom. The summed E-state index contributed by atoms with van der Waals surface area (Å²) in [5.41, 5.74) is 1.88. The van der Waals surface area contributed by atoms with Gasteiger partial charge in [0.15, 0.2) is 0 Å². The highest BCUT2D eigenvalue weighted by atomic mass is 32.2. The fourth-order valence-corrected chi connectivity index (χ4v) is 4.43. The maximum absolute atomic E-state index is 13.0. The number of hydrogen-bond donors (Lipinski definition) is 3. The number of pyridine rings is 1. The molecule has 1 atom stereocenters. The molecule has 0 bridgehead atoms. The molecule has 1 amide bonds. The van der Waals surface area contributed by atoms with Crippen molar-refractivity contribution in [3.63, 3.8) is 0 Å². The van der Waals surface area contributed by atoms with Crippen LogP contribution in [0.5, 0.6) is 0 Å². The lowest BCUT2D eigenvalue weighted by molar-refractivity contribution is -0.118. The first kappa shape index (κ1) is 21.7. The van der Waals surface area contributed by atoms with E-state index in [1.165, 1.54) is 24.3 Å². The standard InChI is InChI=1S/C22H25N3O4S/c1-14(2)11-20(22(27)23-17-6-4-5-15(3)12-17)25-30(28,29)18-8-9-19-16(13-18)7-10-21(26)24-19/h4-10,12-14,20,25H,11H2,1-3H3,(H,23,27)(H,24,26). The molecule has 0 aliphatic carbocycles. The minimum atomic E-state index is -3.96. The van der Waals surface area contributed by atoms with E-state index in [4.69, 9.17) is 0 Å². The van der Waals surface area contributed by atoms with E-state index in [-0.39, 0.29) is 16.4 Å². The van der Waals surface area contributed by atoms with Crippen LogP contribution in [0.3, 0.4) is 0 Å². The van der Waals surface area contributed by atoms with Crippen LogP contribution in [-0.4, -0.2) is 25.4 Å². The summed E-state index contributed by atoms with van der Waals surface area (Å²) in [6.45, 7) is 5.76. The second-order valence-electron chi connectivity index (χ2n) is 7.73. The molecule has 3 rings (SSSR count). The lowest BCUT2D eigenvalue weighted by Crippen LogP contribution is -2.44. The molecule has 0 saturated carbocycles. The van der Waals surface area contributed by atoms with Gasteiger partial charge >= 0.3 is 0 Å². The first-order valence-corrected chi connectivity index (χ1v) is 11.2. The lowest BCUT2D eigenvalue weighted by Gasteiger charge is -2.20. The van der Waals surface area contributed by atoms with Gasteiger partial charge in [0.25, 0.3) is 0 Å². The van der Waals surface area contributed by atoms with Crippen LogP contribution in [0.15, 0.2) is 64.3 Å². The molecule has 0 saturated heterocycles. The van der Waals surface area contributed by atoms with Gasteiger partial charge in [-0.1, -0.05) is 26.0 Å². The summed E-state index contributed by atoms with van der Waals surface area (Å²) in [5, 5.41) is 3.38. The molecule has 0 spiro atoms. The van der Waals surface area contributed by atoms with E-state index in [1.807, 2.05) is 39.0 Å². The largest absolute Gasteiger partial charge is 0.325 e. The summed E-state index contributed by atoms with van der Waals surface area (Å²) in [5.74, 6) is -0.314. The van der Waals surface area contributed by atoms with Crippen molar-refractivity contribution >= 4 is 32.5 Å². The predicted octanol–water partition coefficient (Wildman–Crippen LogP) is 3.17. The Hall–Kier alpha value is -2.97. The third kappa shape index (κ3) is 5.34. The summed E-state index contributed by atoms with van der Waals surface area (Å²) in [4.78, 5) is 26.9. The Labute approximate surface area is 175 Å². The predicted molar refractivity (Wildman–Crippen MR) is 118 cm³/mol. The second kappa shape index (κ2) is 8.81. The zero-order chi connectivity index (χ0) is 21.9. The molecule has 3 aromatic rings. The Morgan fingerprint density at radius 2 is 1.83 bits per heavy atom. The molecule has 0 radical (unpaired) electrons. The van der Waals surface area contributed by atoms with Gasteiger partial charge in [-0.15, -0.1) is 0 Å². The molecular weight excluding hydrogens is 402 g/mol. The number of nitrogens with one attached hydrogen (secondary N) is 3. The molecule has 0 aliphatic rings. The first-order chi connectivity index (χ1) is 14.1. The number of carbonyl (C=O) groups excluding carboxylic acids is 1. The van der Waals surface area contributed by atoms with Crippen LogP contribution in [0.4, 0.5) is 5.69 Å². The van der Waals surface area contributed by atoms with Crippen LogP contribution in [0.25, 0.3) is 10.9 Å². The SMILES string of the molecule is Cc1cccc(NC(=O)C(CC(C)C)NS(=O)(=O)c2ccc3[nH]c(=O)ccc3c2)c1. The maximum Gasteiger partial charge on any atom is 0.248 e. The Balaban J connectivity index is 1.86. The van der Waals surface area contributed by atoms with Crippen molar-refractivity contribution in [2.24, 2.45) is 5.92 Å². The number of amides is 1. The molecular formula is C22H25N3O4S. The van der Waals surface area contributed by atoms with E-state index in [9.17, 15) is 18.0 Å². The molecule has 7 nitrogen and oxygen atoms in total. The van der Waals surface area contributed by atoms with Gasteiger partial charge in [0.2, 0.25) is 21.5 Å². The highest BCUT2D eigenvalue weighted by Gasteiger charge is 2.27. The zero-order valence-electron chi connectivity index (χ0n) is 17.1. The van der Waals surface area contributed by atoms with Crippen molar-refractivity contribution in [1.29, 1.82) is 0 Å². The number of anilines is 1. The summed E-state index contributed by atoms with van der Waals surface area (Å²) >= 11 is 0. The smallest absolute Gasteiger partial charge is 0.248 e. The van der Waals surface area contributed by atoms with E-state index in [1.54, 1.807) is 12.1 Å². The van der Waals surface area contributed by atoms with Crippen LogP contribution < -0.4 is 15.6 Å². The van der Waals surface area contributed by atoms with Gasteiger partial charge in [0.1, 0.15) is 6.04 Å². The number of sulfonamides is 1. The minimum Gasteiger partial charge on any atom is -0.325 e. The summed E-state index contributed by atoms with van der Waals surface area (Å²) in [7, 11) is -3.96. The molecule has 1 unspecified atom stereocenters. The number of aryl methyl sites for hydroxylation is 1. The first-order valence-electron chi connectivity index (χ1n) is 9.67. The third-order valence-electron chi connectivity index (χ3n) is 4.61. The van der Waals surface area contributed by atoms with Crippen molar-refractivity contribution in [2.75, 3.05) is 5.32 Å². The second-order valence-corrected chi connectivity index (χ2v) is 9.45. The highest BCUT2D eigenvalue weighted by Crippen LogP contribution is 2.19. The van der Waals surface area contributed by atoms with Crippen LogP contribution in [0.1, 0.15) is 25.8 Å². The van der Waals surface area contributed by atoms with Crippen molar-refractivity contribution in [2.45, 2.75) is 38.1 Å². The van der Waals surface area contributed by atoms with Crippen LogP contribution in [0.2, 0.25) is 0 Å². The third-order valence-corrected chi connectivity index (χ3v) is 6.08. The number of aromatic amines is 1. The lowest BCUT2D eigenvalue weighted by atomic mass is 10.0. The molecule has 1 heterocycles. The quantitative estimate of drug-likeness (QED) is 0.538. The number of carbonyl (C=O) groups is 1. The molecule has 158 valence electrons. The number of hydrogen-bond acceptors (Lipinski definition) is 4. The number of rotatable bonds is 7. The van der Waals surface area contributed by atoms with Gasteiger partial charge in [0, 0.05) is 17.3 Å². The van der Waals surface area contributed by atoms with Crippen molar-refractivity contribution in [1.82, 2.24) is 9.71 Å². The van der Waals surface area contributed by atoms with E-state index in [0.29, 0.717) is 23.0 Å². The molecule has 0 fully saturated rings. The summed E-state index contributed by atoms with van der Waals surface area (Å²) in [6, 6.07) is 13.7. The molecule has 1 aromatic heterocycles. The molecule has 3 N–H and O–H groups in total. The zero-order valence-corrected chi connectivity index (χ0v) is 17.9. The van der Waals surface area contributed by atoms with Crippen LogP contribution >= 0.6 is 0 Å². The molecule has 0 aliphatic heterocycles. The van der Waals surface area contributed by atoms with Gasteiger partial charge in [-0.05, 0) is 66.6 Å². The summed E-state index contributed by atoms with van der Waals surface area (Å²) < 4.78 is 28.5. The fraction of sp³-hybridized carbons (Fsp3) is 0.273. The molecule has 2 aromatic carbocycles. The topological polar surface area (TPSA) is 108 Å². The van der Waals surface area contributed by atoms with Gasteiger partial charge in [-0.25, -0.2) is 8.42 Å². The highest BCUT2D eigenvalue weighted by molar-refractivity contribution is 7.89. The van der Waals surface area contributed by atoms with Crippen molar-refractivity contribution < 1.29 is 13.2 Å². The van der Waals surface area contributed by atoms with Crippen LogP contribution in [-0.2, 0) is 14.8 Å². The Kier molecular flexibility index (Phi) is 6.38. The Morgan fingerprint density at radius 3 is 2.53 bits per heavy atom. The van der Waals surface area contributed by atoms with E-state index < -0.39 is 22.0 Å². The average Bonchev–Trinajstić information content (AvgIpc) is 2.66. The van der Waals surface area contributed by atoms with E-state index >= 15 is 0 Å². The normalized spacial score (nSPS) is 12.8. The van der Waals surface area contributed by atoms with E-state index in [2.05, 4.69) is 15.0 Å². The monoisotopic (exact) mass is 427 g/mol. The Bertz CT molecular complexity index is 1230. The van der Waals surface area contributed by atoms with E-state index in [0.717, 1.165) is 5.56 Å². The molecule has 30 heavy (non-hydrogen) atoms. The number of aromatic nitrogens is 1. The van der Waals surface area contributed by atoms with Crippen LogP contribution in [0, 0.1) is 12.8 Å². The fourth-order valence-electron chi connectivity index (χ4n) is 3.19. The van der Waals surface area contributed by atoms with Gasteiger partial charge in [0.05, 0.1) is 4.90 Å². The summed E-state index contributed by atoms with van der Waals surface area (Å²) in [6.07, 6.45) is 0.345. The van der Waals surface area contributed by atoms with Crippen molar-refractivity contribution in [3.8, 4) is 0 Å². The van der Waals surface area contributed by atoms with Gasteiger partial charge in [-0.2, -0.15) is 4.72 Å².